The smallest absolute Gasteiger partial charge is 0.250 e. The molecule has 112 valence electrons. The zero-order valence-electron chi connectivity index (χ0n) is 12.0. The first-order valence-electron chi connectivity index (χ1n) is 7.06. The molecule has 20 heavy (non-hydrogen) atoms. The van der Waals surface area contributed by atoms with E-state index < -0.39 is 5.82 Å². The van der Waals surface area contributed by atoms with Crippen LogP contribution >= 0.6 is 0 Å². The molecule has 0 unspecified atom stereocenters. The fraction of sp³-hybridized carbons (Fsp3) is 0.533. The van der Waals surface area contributed by atoms with Crippen molar-refractivity contribution in [1.29, 1.82) is 0 Å². The van der Waals surface area contributed by atoms with Gasteiger partial charge in [-0.1, -0.05) is 32.6 Å². The molecular formula is C15H23FN2O2. The van der Waals surface area contributed by atoms with E-state index in [2.05, 4.69) is 12.2 Å². The first kappa shape index (κ1) is 16.4. The average molecular weight is 282 g/mol. The monoisotopic (exact) mass is 282 g/mol. The van der Waals surface area contributed by atoms with Crippen molar-refractivity contribution in [3.05, 3.63) is 24.0 Å². The SMILES string of the molecule is CCCCCCCOCC(=O)Nc1ccc(F)c(N)c1. The van der Waals surface area contributed by atoms with Crippen LogP contribution in [0.5, 0.6) is 0 Å². The summed E-state index contributed by atoms with van der Waals surface area (Å²) in [6, 6.07) is 4.08. The predicted octanol–water partition coefficient (Wildman–Crippen LogP) is 3.33. The van der Waals surface area contributed by atoms with E-state index in [1.54, 1.807) is 0 Å². The van der Waals surface area contributed by atoms with E-state index in [1.807, 2.05) is 0 Å². The molecule has 0 saturated heterocycles. The Labute approximate surface area is 119 Å². The van der Waals surface area contributed by atoms with Crippen molar-refractivity contribution in [3.63, 3.8) is 0 Å². The molecule has 0 heterocycles. The molecule has 0 aliphatic carbocycles. The number of rotatable bonds is 9. The lowest BCUT2D eigenvalue weighted by Crippen LogP contribution is -2.18. The molecule has 0 fully saturated rings. The van der Waals surface area contributed by atoms with Crippen LogP contribution in [0.1, 0.15) is 39.0 Å². The van der Waals surface area contributed by atoms with E-state index in [0.717, 1.165) is 12.8 Å². The highest BCUT2D eigenvalue weighted by atomic mass is 19.1. The number of halogens is 1. The number of carbonyl (C=O) groups excluding carboxylic acids is 1. The number of ether oxygens (including phenoxy) is 1. The Morgan fingerprint density at radius 2 is 2.05 bits per heavy atom. The second-order valence-electron chi connectivity index (χ2n) is 4.75. The Hall–Kier alpha value is -1.62. The second-order valence-corrected chi connectivity index (χ2v) is 4.75. The van der Waals surface area contributed by atoms with Gasteiger partial charge in [0, 0.05) is 12.3 Å². The molecule has 1 aromatic carbocycles. The highest BCUT2D eigenvalue weighted by molar-refractivity contribution is 5.92. The van der Waals surface area contributed by atoms with Gasteiger partial charge in [-0.15, -0.1) is 0 Å². The molecule has 0 aliphatic heterocycles. The van der Waals surface area contributed by atoms with Crippen LogP contribution in [0.4, 0.5) is 15.8 Å². The van der Waals surface area contributed by atoms with Gasteiger partial charge in [0.2, 0.25) is 5.91 Å². The van der Waals surface area contributed by atoms with Gasteiger partial charge in [-0.05, 0) is 24.6 Å². The first-order chi connectivity index (χ1) is 9.63. The maximum atomic E-state index is 12.9. The van der Waals surface area contributed by atoms with Crippen molar-refractivity contribution in [2.45, 2.75) is 39.0 Å². The van der Waals surface area contributed by atoms with Gasteiger partial charge in [0.05, 0.1) is 5.69 Å². The van der Waals surface area contributed by atoms with Gasteiger partial charge in [-0.3, -0.25) is 4.79 Å². The summed E-state index contributed by atoms with van der Waals surface area (Å²) in [5, 5.41) is 2.61. The van der Waals surface area contributed by atoms with Crippen LogP contribution in [0.15, 0.2) is 18.2 Å². The topological polar surface area (TPSA) is 64.3 Å². The van der Waals surface area contributed by atoms with Crippen LogP contribution in [0.25, 0.3) is 0 Å². The van der Waals surface area contributed by atoms with Gasteiger partial charge in [0.15, 0.2) is 0 Å². The molecule has 0 aromatic heterocycles. The number of hydrogen-bond acceptors (Lipinski definition) is 3. The summed E-state index contributed by atoms with van der Waals surface area (Å²) in [5.74, 6) is -0.754. The van der Waals surface area contributed by atoms with Crippen molar-refractivity contribution in [1.82, 2.24) is 0 Å². The summed E-state index contributed by atoms with van der Waals surface area (Å²) in [4.78, 5) is 11.6. The van der Waals surface area contributed by atoms with Crippen LogP contribution in [-0.2, 0) is 9.53 Å². The third kappa shape index (κ3) is 6.52. The Morgan fingerprint density at radius 1 is 1.30 bits per heavy atom. The summed E-state index contributed by atoms with van der Waals surface area (Å²) in [6.45, 7) is 2.76. The van der Waals surface area contributed by atoms with Crippen LogP contribution in [0, 0.1) is 5.82 Å². The minimum Gasteiger partial charge on any atom is -0.396 e. The predicted molar refractivity (Wildman–Crippen MR) is 79.0 cm³/mol. The second kappa shape index (κ2) is 9.31. The number of hydrogen-bond donors (Lipinski definition) is 2. The van der Waals surface area contributed by atoms with Crippen molar-refractivity contribution in [2.75, 3.05) is 24.3 Å². The quantitative estimate of drug-likeness (QED) is 0.539. The van der Waals surface area contributed by atoms with E-state index >= 15 is 0 Å². The van der Waals surface area contributed by atoms with Crippen LogP contribution in [-0.4, -0.2) is 19.1 Å². The molecule has 0 atom stereocenters. The molecule has 0 radical (unpaired) electrons. The zero-order valence-corrected chi connectivity index (χ0v) is 12.0. The van der Waals surface area contributed by atoms with Gasteiger partial charge < -0.3 is 15.8 Å². The summed E-state index contributed by atoms with van der Waals surface area (Å²) in [5.41, 5.74) is 5.90. The normalized spacial score (nSPS) is 10.5. The van der Waals surface area contributed by atoms with Crippen LogP contribution < -0.4 is 11.1 Å². The number of benzene rings is 1. The molecule has 0 spiro atoms. The van der Waals surface area contributed by atoms with Gasteiger partial charge in [-0.2, -0.15) is 0 Å². The Balaban J connectivity index is 2.15. The number of nitrogen functional groups attached to an aromatic ring is 1. The van der Waals surface area contributed by atoms with E-state index in [0.29, 0.717) is 12.3 Å². The highest BCUT2D eigenvalue weighted by Gasteiger charge is 2.04. The van der Waals surface area contributed by atoms with Gasteiger partial charge in [0.1, 0.15) is 12.4 Å². The van der Waals surface area contributed by atoms with Crippen molar-refractivity contribution in [2.24, 2.45) is 0 Å². The zero-order chi connectivity index (χ0) is 14.8. The van der Waals surface area contributed by atoms with E-state index in [4.69, 9.17) is 10.5 Å². The lowest BCUT2D eigenvalue weighted by Gasteiger charge is -2.07. The number of unbranched alkanes of at least 4 members (excludes halogenated alkanes) is 4. The van der Waals surface area contributed by atoms with E-state index in [1.165, 1.54) is 37.5 Å². The number of anilines is 2. The molecule has 3 N–H and O–H groups in total. The van der Waals surface area contributed by atoms with Crippen molar-refractivity contribution < 1.29 is 13.9 Å². The molecule has 5 heteroatoms. The minimum atomic E-state index is -0.494. The average Bonchev–Trinajstić information content (AvgIpc) is 2.42. The van der Waals surface area contributed by atoms with Crippen LogP contribution in [0.3, 0.4) is 0 Å². The number of carbonyl (C=O) groups is 1. The summed E-state index contributed by atoms with van der Waals surface area (Å²) in [6.07, 6.45) is 5.76. The molecule has 4 nitrogen and oxygen atoms in total. The fourth-order valence-electron chi connectivity index (χ4n) is 1.79. The highest BCUT2D eigenvalue weighted by Crippen LogP contribution is 2.16. The number of nitrogens with two attached hydrogens (primary N) is 1. The Morgan fingerprint density at radius 3 is 2.75 bits per heavy atom. The largest absolute Gasteiger partial charge is 0.396 e. The third-order valence-electron chi connectivity index (χ3n) is 2.91. The van der Waals surface area contributed by atoms with Gasteiger partial charge in [-0.25, -0.2) is 4.39 Å². The molecule has 0 aliphatic rings. The first-order valence-corrected chi connectivity index (χ1v) is 7.06. The molecule has 0 bridgehead atoms. The lowest BCUT2D eigenvalue weighted by molar-refractivity contribution is -0.120. The summed E-state index contributed by atoms with van der Waals surface area (Å²) >= 11 is 0. The number of nitrogens with one attached hydrogen (secondary N) is 1. The van der Waals surface area contributed by atoms with Crippen molar-refractivity contribution in [3.8, 4) is 0 Å². The molecule has 1 rings (SSSR count). The Kier molecular flexibility index (Phi) is 7.65. The fourth-order valence-corrected chi connectivity index (χ4v) is 1.79. The van der Waals surface area contributed by atoms with Crippen LogP contribution in [0.2, 0.25) is 0 Å². The molecule has 1 aromatic rings. The molecule has 0 saturated carbocycles. The van der Waals surface area contributed by atoms with Crippen molar-refractivity contribution >= 4 is 17.3 Å². The van der Waals surface area contributed by atoms with Gasteiger partial charge >= 0.3 is 0 Å². The van der Waals surface area contributed by atoms with E-state index in [-0.39, 0.29) is 18.2 Å². The summed E-state index contributed by atoms with van der Waals surface area (Å²) in [7, 11) is 0. The molecule has 1 amide bonds. The summed E-state index contributed by atoms with van der Waals surface area (Å²) < 4.78 is 18.2. The van der Waals surface area contributed by atoms with E-state index in [9.17, 15) is 9.18 Å². The minimum absolute atomic E-state index is 0.00502. The third-order valence-corrected chi connectivity index (χ3v) is 2.91. The maximum absolute atomic E-state index is 12.9. The standard InChI is InChI=1S/C15H23FN2O2/c1-2-3-4-5-6-9-20-11-15(19)18-12-7-8-13(16)14(17)10-12/h7-8,10H,2-6,9,11,17H2,1H3,(H,18,19). The lowest BCUT2D eigenvalue weighted by atomic mass is 10.2. The van der Waals surface area contributed by atoms with Gasteiger partial charge in [0.25, 0.3) is 0 Å². The maximum Gasteiger partial charge on any atom is 0.250 e. The molecular weight excluding hydrogens is 259 g/mol. The number of amides is 1. The Bertz CT molecular complexity index is 424.